The number of carbonyl (C=O) groups is 1. The maximum atomic E-state index is 12.3. The molecule has 0 bridgehead atoms. The SMILES string of the molecule is CC(C)C(NC(=O)Cc1cccs1)c1nc2ccccc2[nH]1. The third-order valence-electron chi connectivity index (χ3n) is 3.60. The van der Waals surface area contributed by atoms with Crippen molar-refractivity contribution >= 4 is 28.3 Å². The number of aromatic amines is 1. The van der Waals surface area contributed by atoms with E-state index in [-0.39, 0.29) is 17.9 Å². The van der Waals surface area contributed by atoms with Crippen LogP contribution in [0.5, 0.6) is 0 Å². The highest BCUT2D eigenvalue weighted by Crippen LogP contribution is 2.22. The molecule has 0 spiro atoms. The number of fused-ring (bicyclic) bond motifs is 1. The van der Waals surface area contributed by atoms with Crippen molar-refractivity contribution in [1.82, 2.24) is 15.3 Å². The summed E-state index contributed by atoms with van der Waals surface area (Å²) in [5.41, 5.74) is 1.92. The zero-order chi connectivity index (χ0) is 15.5. The van der Waals surface area contributed by atoms with Gasteiger partial charge in [0.1, 0.15) is 5.82 Å². The van der Waals surface area contributed by atoms with Crippen LogP contribution in [0.15, 0.2) is 41.8 Å². The molecule has 2 heterocycles. The number of rotatable bonds is 5. The fraction of sp³-hybridized carbons (Fsp3) is 0.294. The number of H-pyrrole nitrogens is 1. The Morgan fingerprint density at radius 3 is 2.77 bits per heavy atom. The van der Waals surface area contributed by atoms with E-state index >= 15 is 0 Å². The summed E-state index contributed by atoms with van der Waals surface area (Å²) in [6.45, 7) is 4.17. The Bertz CT molecular complexity index is 728. The summed E-state index contributed by atoms with van der Waals surface area (Å²) in [7, 11) is 0. The fourth-order valence-electron chi connectivity index (χ4n) is 2.47. The van der Waals surface area contributed by atoms with Gasteiger partial charge in [-0.3, -0.25) is 4.79 Å². The maximum absolute atomic E-state index is 12.3. The van der Waals surface area contributed by atoms with Crippen molar-refractivity contribution in [2.45, 2.75) is 26.3 Å². The lowest BCUT2D eigenvalue weighted by atomic mass is 10.0. The maximum Gasteiger partial charge on any atom is 0.225 e. The fourth-order valence-corrected chi connectivity index (χ4v) is 3.17. The highest BCUT2D eigenvalue weighted by molar-refractivity contribution is 7.10. The van der Waals surface area contributed by atoms with E-state index in [4.69, 9.17) is 0 Å². The number of nitrogens with zero attached hydrogens (tertiary/aromatic N) is 1. The Morgan fingerprint density at radius 1 is 1.27 bits per heavy atom. The molecule has 2 N–H and O–H groups in total. The van der Waals surface area contributed by atoms with Crippen LogP contribution in [-0.4, -0.2) is 15.9 Å². The summed E-state index contributed by atoms with van der Waals surface area (Å²) in [5.74, 6) is 1.10. The van der Waals surface area contributed by atoms with Gasteiger partial charge < -0.3 is 10.3 Å². The molecule has 3 aromatic rings. The van der Waals surface area contributed by atoms with Gasteiger partial charge in [0, 0.05) is 4.88 Å². The van der Waals surface area contributed by atoms with Crippen LogP contribution < -0.4 is 5.32 Å². The van der Waals surface area contributed by atoms with Crippen molar-refractivity contribution in [2.75, 3.05) is 0 Å². The molecule has 0 saturated heterocycles. The third kappa shape index (κ3) is 3.20. The number of imidazole rings is 1. The van der Waals surface area contributed by atoms with E-state index in [9.17, 15) is 4.79 Å². The number of carbonyl (C=O) groups excluding carboxylic acids is 1. The molecule has 0 saturated carbocycles. The van der Waals surface area contributed by atoms with Gasteiger partial charge in [-0.2, -0.15) is 0 Å². The zero-order valence-electron chi connectivity index (χ0n) is 12.7. The summed E-state index contributed by atoms with van der Waals surface area (Å²) in [6.07, 6.45) is 0.418. The first kappa shape index (κ1) is 14.8. The van der Waals surface area contributed by atoms with Crippen molar-refractivity contribution in [1.29, 1.82) is 0 Å². The van der Waals surface area contributed by atoms with E-state index in [0.717, 1.165) is 21.7 Å². The second-order valence-electron chi connectivity index (χ2n) is 5.68. The molecule has 3 rings (SSSR count). The van der Waals surface area contributed by atoms with Gasteiger partial charge >= 0.3 is 0 Å². The largest absolute Gasteiger partial charge is 0.346 e. The number of hydrogen-bond acceptors (Lipinski definition) is 3. The monoisotopic (exact) mass is 313 g/mol. The highest BCUT2D eigenvalue weighted by atomic mass is 32.1. The van der Waals surface area contributed by atoms with Gasteiger partial charge in [0.15, 0.2) is 0 Å². The molecule has 0 aliphatic carbocycles. The molecule has 114 valence electrons. The van der Waals surface area contributed by atoms with Crippen molar-refractivity contribution in [3.63, 3.8) is 0 Å². The molecule has 4 nitrogen and oxygen atoms in total. The molecular weight excluding hydrogens is 294 g/mol. The lowest BCUT2D eigenvalue weighted by Gasteiger charge is -2.20. The second kappa shape index (κ2) is 6.32. The van der Waals surface area contributed by atoms with Crippen molar-refractivity contribution in [2.24, 2.45) is 5.92 Å². The van der Waals surface area contributed by atoms with Gasteiger partial charge in [-0.1, -0.05) is 32.0 Å². The van der Waals surface area contributed by atoms with Gasteiger partial charge in [0.05, 0.1) is 23.5 Å². The van der Waals surface area contributed by atoms with E-state index in [0.29, 0.717) is 6.42 Å². The summed E-state index contributed by atoms with van der Waals surface area (Å²) in [4.78, 5) is 21.3. The molecule has 5 heteroatoms. The summed E-state index contributed by atoms with van der Waals surface area (Å²) >= 11 is 1.60. The van der Waals surface area contributed by atoms with Crippen LogP contribution in [0.4, 0.5) is 0 Å². The molecule has 2 aromatic heterocycles. The molecule has 0 fully saturated rings. The van der Waals surface area contributed by atoms with Crippen LogP contribution >= 0.6 is 11.3 Å². The molecule has 0 aliphatic rings. The van der Waals surface area contributed by atoms with E-state index in [1.54, 1.807) is 11.3 Å². The zero-order valence-corrected chi connectivity index (χ0v) is 13.5. The van der Waals surface area contributed by atoms with Crippen LogP contribution in [-0.2, 0) is 11.2 Å². The minimum Gasteiger partial charge on any atom is -0.346 e. The second-order valence-corrected chi connectivity index (χ2v) is 6.72. The molecule has 1 unspecified atom stereocenters. The molecule has 0 radical (unpaired) electrons. The minimum atomic E-state index is -0.111. The molecular formula is C17H19N3OS. The predicted octanol–water partition coefficient (Wildman–Crippen LogP) is 3.68. The van der Waals surface area contributed by atoms with E-state index in [2.05, 4.69) is 29.1 Å². The number of para-hydroxylation sites is 2. The number of benzene rings is 1. The number of amides is 1. The van der Waals surface area contributed by atoms with Crippen LogP contribution in [0.25, 0.3) is 11.0 Å². The van der Waals surface area contributed by atoms with Crippen LogP contribution in [0.3, 0.4) is 0 Å². The van der Waals surface area contributed by atoms with Gasteiger partial charge in [-0.25, -0.2) is 4.98 Å². The van der Waals surface area contributed by atoms with Gasteiger partial charge in [0.2, 0.25) is 5.91 Å². The van der Waals surface area contributed by atoms with Crippen LogP contribution in [0, 0.1) is 5.92 Å². The Hall–Kier alpha value is -2.14. The Kier molecular flexibility index (Phi) is 4.24. The predicted molar refractivity (Wildman–Crippen MR) is 89.8 cm³/mol. The average molecular weight is 313 g/mol. The number of nitrogens with one attached hydrogen (secondary N) is 2. The lowest BCUT2D eigenvalue weighted by molar-refractivity contribution is -0.121. The van der Waals surface area contributed by atoms with Crippen molar-refractivity contribution in [3.8, 4) is 0 Å². The number of hydrogen-bond donors (Lipinski definition) is 2. The minimum absolute atomic E-state index is 0.0293. The Balaban J connectivity index is 1.78. The standard InChI is InChI=1S/C17H19N3OS/c1-11(2)16(20-15(21)10-12-6-5-9-22-12)17-18-13-7-3-4-8-14(13)19-17/h3-9,11,16H,10H2,1-2H3,(H,18,19)(H,20,21). The Labute approximate surface area is 133 Å². The van der Waals surface area contributed by atoms with Crippen molar-refractivity contribution < 1.29 is 4.79 Å². The van der Waals surface area contributed by atoms with Crippen LogP contribution in [0.2, 0.25) is 0 Å². The van der Waals surface area contributed by atoms with E-state index in [1.807, 2.05) is 41.8 Å². The average Bonchev–Trinajstić information content (AvgIpc) is 3.12. The first-order valence-corrected chi connectivity index (χ1v) is 8.28. The van der Waals surface area contributed by atoms with Crippen molar-refractivity contribution in [3.05, 3.63) is 52.5 Å². The highest BCUT2D eigenvalue weighted by Gasteiger charge is 2.21. The lowest BCUT2D eigenvalue weighted by Crippen LogP contribution is -2.33. The molecule has 0 aliphatic heterocycles. The summed E-state index contributed by atoms with van der Waals surface area (Å²) in [5, 5.41) is 5.09. The molecule has 1 aromatic carbocycles. The summed E-state index contributed by atoms with van der Waals surface area (Å²) < 4.78 is 0. The quantitative estimate of drug-likeness (QED) is 0.755. The van der Waals surface area contributed by atoms with E-state index < -0.39 is 0 Å². The Morgan fingerprint density at radius 2 is 2.09 bits per heavy atom. The van der Waals surface area contributed by atoms with Gasteiger partial charge in [-0.15, -0.1) is 11.3 Å². The normalized spacial score (nSPS) is 12.7. The summed E-state index contributed by atoms with van der Waals surface area (Å²) in [6, 6.07) is 11.7. The topological polar surface area (TPSA) is 57.8 Å². The smallest absolute Gasteiger partial charge is 0.225 e. The molecule has 1 amide bonds. The first-order chi connectivity index (χ1) is 10.6. The first-order valence-electron chi connectivity index (χ1n) is 7.40. The van der Waals surface area contributed by atoms with Gasteiger partial charge in [0.25, 0.3) is 0 Å². The van der Waals surface area contributed by atoms with E-state index in [1.165, 1.54) is 0 Å². The molecule has 1 atom stereocenters. The van der Waals surface area contributed by atoms with Gasteiger partial charge in [-0.05, 0) is 29.5 Å². The molecule has 22 heavy (non-hydrogen) atoms. The third-order valence-corrected chi connectivity index (χ3v) is 4.48. The number of aromatic nitrogens is 2. The number of thiophene rings is 1. The van der Waals surface area contributed by atoms with Crippen LogP contribution in [0.1, 0.15) is 30.6 Å².